The SMILES string of the molecule is C=CCC=C[n+]1ccccc1. The molecule has 1 heterocycles. The lowest BCUT2D eigenvalue weighted by Gasteiger charge is -1.83. The van der Waals surface area contributed by atoms with E-state index in [0.29, 0.717) is 0 Å². The van der Waals surface area contributed by atoms with Crippen molar-refractivity contribution in [2.75, 3.05) is 0 Å². The Labute approximate surface area is 67.3 Å². The lowest BCUT2D eigenvalue weighted by molar-refractivity contribution is -0.568. The number of pyridine rings is 1. The molecule has 0 spiro atoms. The van der Waals surface area contributed by atoms with Crippen molar-refractivity contribution in [1.82, 2.24) is 0 Å². The highest BCUT2D eigenvalue weighted by molar-refractivity contribution is 5.08. The zero-order valence-electron chi connectivity index (χ0n) is 6.48. The summed E-state index contributed by atoms with van der Waals surface area (Å²) in [6.07, 6.45) is 10.9. The Hall–Kier alpha value is -1.37. The monoisotopic (exact) mass is 146 g/mol. The molecule has 0 aliphatic heterocycles. The number of hydrogen-bond donors (Lipinski definition) is 0. The van der Waals surface area contributed by atoms with Crippen molar-refractivity contribution in [3.63, 3.8) is 0 Å². The summed E-state index contributed by atoms with van der Waals surface area (Å²) >= 11 is 0. The van der Waals surface area contributed by atoms with Gasteiger partial charge in [-0.25, -0.2) is 0 Å². The maximum atomic E-state index is 3.63. The van der Waals surface area contributed by atoms with E-state index in [9.17, 15) is 0 Å². The molecule has 0 aromatic carbocycles. The van der Waals surface area contributed by atoms with E-state index in [1.807, 2.05) is 47.4 Å². The largest absolute Gasteiger partial charge is 0.174 e. The fourth-order valence-electron chi connectivity index (χ4n) is 0.790. The third kappa shape index (κ3) is 2.80. The maximum Gasteiger partial charge on any atom is 0.174 e. The van der Waals surface area contributed by atoms with Crippen molar-refractivity contribution in [2.24, 2.45) is 0 Å². The van der Waals surface area contributed by atoms with E-state index in [2.05, 4.69) is 12.7 Å². The van der Waals surface area contributed by atoms with Gasteiger partial charge in [-0.2, -0.15) is 4.57 Å². The van der Waals surface area contributed by atoms with Crippen molar-refractivity contribution in [1.29, 1.82) is 0 Å². The number of hydrogen-bond acceptors (Lipinski definition) is 0. The van der Waals surface area contributed by atoms with Gasteiger partial charge < -0.3 is 0 Å². The fourth-order valence-corrected chi connectivity index (χ4v) is 0.790. The van der Waals surface area contributed by atoms with Crippen molar-refractivity contribution in [2.45, 2.75) is 6.42 Å². The Morgan fingerprint density at radius 3 is 2.55 bits per heavy atom. The van der Waals surface area contributed by atoms with Crippen LogP contribution in [0.15, 0.2) is 49.3 Å². The Morgan fingerprint density at radius 2 is 1.91 bits per heavy atom. The quantitative estimate of drug-likeness (QED) is 0.453. The van der Waals surface area contributed by atoms with Crippen LogP contribution in [0.3, 0.4) is 0 Å². The van der Waals surface area contributed by atoms with E-state index >= 15 is 0 Å². The van der Waals surface area contributed by atoms with E-state index in [1.54, 1.807) is 0 Å². The Morgan fingerprint density at radius 1 is 1.18 bits per heavy atom. The van der Waals surface area contributed by atoms with Crippen LogP contribution in [0, 0.1) is 0 Å². The van der Waals surface area contributed by atoms with Gasteiger partial charge in [0.1, 0.15) is 0 Å². The molecule has 0 saturated carbocycles. The zero-order valence-corrected chi connectivity index (χ0v) is 6.48. The standard InChI is InChI=1S/C10H12N/c1-2-3-5-8-11-9-6-4-7-10-11/h2,4-10H,1,3H2/q+1. The van der Waals surface area contributed by atoms with Crippen LogP contribution in [-0.2, 0) is 0 Å². The van der Waals surface area contributed by atoms with Crippen LogP contribution in [0.1, 0.15) is 6.42 Å². The highest BCUT2D eigenvalue weighted by Crippen LogP contribution is 1.82. The Kier molecular flexibility index (Phi) is 3.13. The van der Waals surface area contributed by atoms with Crippen molar-refractivity contribution in [3.05, 3.63) is 49.3 Å². The van der Waals surface area contributed by atoms with Gasteiger partial charge in [0.05, 0.1) is 0 Å². The summed E-state index contributed by atoms with van der Waals surface area (Å²) in [5.74, 6) is 0. The summed E-state index contributed by atoms with van der Waals surface area (Å²) in [6, 6.07) is 5.99. The summed E-state index contributed by atoms with van der Waals surface area (Å²) in [5.41, 5.74) is 0. The average Bonchev–Trinajstić information content (AvgIpc) is 2.07. The third-order valence-electron chi connectivity index (χ3n) is 1.32. The molecule has 1 rings (SSSR count). The van der Waals surface area contributed by atoms with Gasteiger partial charge in [-0.1, -0.05) is 12.1 Å². The van der Waals surface area contributed by atoms with E-state index in [-0.39, 0.29) is 0 Å². The van der Waals surface area contributed by atoms with Gasteiger partial charge in [-0.3, -0.25) is 0 Å². The molecule has 0 radical (unpaired) electrons. The first-order valence-corrected chi connectivity index (χ1v) is 3.67. The smallest absolute Gasteiger partial charge is 0.174 e. The van der Waals surface area contributed by atoms with E-state index in [4.69, 9.17) is 0 Å². The van der Waals surface area contributed by atoms with Gasteiger partial charge in [0, 0.05) is 12.1 Å². The molecule has 0 saturated heterocycles. The Bertz CT molecular complexity index is 236. The van der Waals surface area contributed by atoms with Gasteiger partial charge in [0.2, 0.25) is 0 Å². The summed E-state index contributed by atoms with van der Waals surface area (Å²) < 4.78 is 2.00. The summed E-state index contributed by atoms with van der Waals surface area (Å²) in [7, 11) is 0. The van der Waals surface area contributed by atoms with Crippen LogP contribution in [0.4, 0.5) is 0 Å². The van der Waals surface area contributed by atoms with E-state index in [1.165, 1.54) is 0 Å². The lowest BCUT2D eigenvalue weighted by atomic mass is 10.4. The second kappa shape index (κ2) is 4.45. The number of aromatic nitrogens is 1. The first-order chi connectivity index (χ1) is 5.43. The van der Waals surface area contributed by atoms with Crippen LogP contribution in [0.25, 0.3) is 6.20 Å². The van der Waals surface area contributed by atoms with E-state index in [0.717, 1.165) is 6.42 Å². The number of allylic oxidation sites excluding steroid dienone is 2. The van der Waals surface area contributed by atoms with Crippen LogP contribution in [-0.4, -0.2) is 0 Å². The van der Waals surface area contributed by atoms with Gasteiger partial charge in [0.15, 0.2) is 18.6 Å². The minimum absolute atomic E-state index is 0.919. The van der Waals surface area contributed by atoms with Crippen LogP contribution >= 0.6 is 0 Å². The summed E-state index contributed by atoms with van der Waals surface area (Å²) in [4.78, 5) is 0. The Balaban J connectivity index is 2.57. The molecule has 11 heavy (non-hydrogen) atoms. The summed E-state index contributed by atoms with van der Waals surface area (Å²) in [6.45, 7) is 3.63. The molecule has 1 nitrogen and oxygen atoms in total. The number of rotatable bonds is 3. The normalized spacial score (nSPS) is 10.2. The second-order valence-electron chi connectivity index (χ2n) is 2.23. The van der Waals surface area contributed by atoms with Gasteiger partial charge >= 0.3 is 0 Å². The third-order valence-corrected chi connectivity index (χ3v) is 1.32. The molecule has 0 bridgehead atoms. The zero-order chi connectivity index (χ0) is 7.94. The first-order valence-electron chi connectivity index (χ1n) is 3.67. The molecular weight excluding hydrogens is 134 g/mol. The number of nitrogens with zero attached hydrogens (tertiary/aromatic N) is 1. The maximum absolute atomic E-state index is 3.63. The molecule has 1 aromatic heterocycles. The van der Waals surface area contributed by atoms with Crippen molar-refractivity contribution >= 4 is 6.20 Å². The molecule has 0 N–H and O–H groups in total. The van der Waals surface area contributed by atoms with Gasteiger partial charge in [0.25, 0.3) is 0 Å². The van der Waals surface area contributed by atoms with Crippen molar-refractivity contribution in [3.8, 4) is 0 Å². The molecule has 0 atom stereocenters. The molecule has 1 aromatic rings. The minimum atomic E-state index is 0.919. The lowest BCUT2D eigenvalue weighted by Crippen LogP contribution is -2.23. The average molecular weight is 146 g/mol. The van der Waals surface area contributed by atoms with Crippen LogP contribution < -0.4 is 4.57 Å². The van der Waals surface area contributed by atoms with Crippen molar-refractivity contribution < 1.29 is 4.57 Å². The van der Waals surface area contributed by atoms with Gasteiger partial charge in [-0.05, 0) is 12.5 Å². The predicted molar refractivity (Wildman–Crippen MR) is 46.8 cm³/mol. The molecule has 0 fully saturated rings. The van der Waals surface area contributed by atoms with Crippen LogP contribution in [0.5, 0.6) is 0 Å². The highest BCUT2D eigenvalue weighted by atomic mass is 14.9. The van der Waals surface area contributed by atoms with E-state index < -0.39 is 0 Å². The molecule has 0 amide bonds. The molecular formula is C10H12N+. The van der Waals surface area contributed by atoms with Gasteiger partial charge in [-0.15, -0.1) is 6.58 Å². The van der Waals surface area contributed by atoms with Crippen LogP contribution in [0.2, 0.25) is 0 Å². The molecule has 0 aliphatic carbocycles. The molecule has 0 unspecified atom stereocenters. The predicted octanol–water partition coefficient (Wildman–Crippen LogP) is 2.02. The fraction of sp³-hybridized carbons (Fsp3) is 0.100. The molecule has 0 aliphatic rings. The highest BCUT2D eigenvalue weighted by Gasteiger charge is 1.86. The molecule has 1 heteroatoms. The summed E-state index contributed by atoms with van der Waals surface area (Å²) in [5, 5.41) is 0. The minimum Gasteiger partial charge on any atom is -0.174 e. The molecule has 56 valence electrons. The first kappa shape index (κ1) is 7.73. The topological polar surface area (TPSA) is 3.88 Å². The second-order valence-corrected chi connectivity index (χ2v) is 2.23.